The molecule has 6 rings (SSSR count). The van der Waals surface area contributed by atoms with Crippen LogP contribution in [0, 0.1) is 0 Å². The van der Waals surface area contributed by atoms with E-state index in [-0.39, 0.29) is 11.9 Å². The lowest BCUT2D eigenvalue weighted by molar-refractivity contribution is 0.0951. The first-order chi connectivity index (χ1) is 18.0. The van der Waals surface area contributed by atoms with Gasteiger partial charge in [-0.05, 0) is 63.1 Å². The molecule has 1 aliphatic carbocycles. The van der Waals surface area contributed by atoms with Crippen molar-refractivity contribution in [2.45, 2.75) is 38.8 Å². The lowest BCUT2D eigenvalue weighted by atomic mass is 10.1. The summed E-state index contributed by atoms with van der Waals surface area (Å²) < 4.78 is 7.52. The number of aromatic nitrogens is 4. The van der Waals surface area contributed by atoms with E-state index in [2.05, 4.69) is 58.6 Å². The molecule has 0 radical (unpaired) electrons. The quantitative estimate of drug-likeness (QED) is 0.387. The maximum Gasteiger partial charge on any atom is 0.251 e. The third kappa shape index (κ3) is 4.99. The van der Waals surface area contributed by atoms with Crippen LogP contribution in [0.5, 0.6) is 0 Å². The molecule has 9 nitrogen and oxygen atoms in total. The van der Waals surface area contributed by atoms with E-state index < -0.39 is 0 Å². The molecule has 37 heavy (non-hydrogen) atoms. The van der Waals surface area contributed by atoms with Gasteiger partial charge >= 0.3 is 0 Å². The van der Waals surface area contributed by atoms with Crippen LogP contribution in [0.25, 0.3) is 22.6 Å². The van der Waals surface area contributed by atoms with E-state index >= 15 is 0 Å². The molecule has 2 fully saturated rings. The molecule has 2 aromatic carbocycles. The third-order valence-electron chi connectivity index (χ3n) is 6.80. The van der Waals surface area contributed by atoms with Crippen molar-refractivity contribution in [2.24, 2.45) is 0 Å². The fourth-order valence-electron chi connectivity index (χ4n) is 4.49. The number of morpholine rings is 1. The molecule has 0 bridgehead atoms. The van der Waals surface area contributed by atoms with Crippen LogP contribution in [0.2, 0.25) is 0 Å². The van der Waals surface area contributed by atoms with Crippen molar-refractivity contribution in [3.05, 3.63) is 60.4 Å². The predicted octanol–water partition coefficient (Wildman–Crippen LogP) is 4.55. The number of rotatable bonds is 7. The maximum atomic E-state index is 12.4. The van der Waals surface area contributed by atoms with Crippen LogP contribution in [0.3, 0.4) is 0 Å². The molecule has 1 amide bonds. The number of carbonyl (C=O) groups excluding carboxylic acids is 1. The molecule has 2 aromatic heterocycles. The predicted molar refractivity (Wildman–Crippen MR) is 144 cm³/mol. The Bertz CT molecular complexity index is 1400. The SMILES string of the molecule is CC(C)n1cnc2c(Nc3ccc(N4CCOCC4)cc3)nc(-c3ccc(C(=O)NC4CC4)cc3)nc21. The van der Waals surface area contributed by atoms with Gasteiger partial charge in [-0.15, -0.1) is 0 Å². The Labute approximate surface area is 215 Å². The summed E-state index contributed by atoms with van der Waals surface area (Å²) in [4.78, 5) is 29.1. The highest BCUT2D eigenvalue weighted by Crippen LogP contribution is 2.29. The molecule has 1 saturated heterocycles. The van der Waals surface area contributed by atoms with Crippen molar-refractivity contribution in [2.75, 3.05) is 36.5 Å². The number of anilines is 3. The van der Waals surface area contributed by atoms with Gasteiger partial charge in [0.25, 0.3) is 5.91 Å². The highest BCUT2D eigenvalue weighted by Gasteiger charge is 2.24. The number of carbonyl (C=O) groups is 1. The number of hydrogen-bond donors (Lipinski definition) is 2. The number of hydrogen-bond acceptors (Lipinski definition) is 7. The van der Waals surface area contributed by atoms with E-state index in [0.29, 0.717) is 23.2 Å². The van der Waals surface area contributed by atoms with E-state index in [1.807, 2.05) is 35.2 Å². The summed E-state index contributed by atoms with van der Waals surface area (Å²) in [7, 11) is 0. The van der Waals surface area contributed by atoms with Gasteiger partial charge in [-0.25, -0.2) is 15.0 Å². The summed E-state index contributed by atoms with van der Waals surface area (Å²) in [6.45, 7) is 7.52. The molecule has 1 aliphatic heterocycles. The van der Waals surface area contributed by atoms with Crippen LogP contribution in [0.15, 0.2) is 54.9 Å². The molecule has 9 heteroatoms. The summed E-state index contributed by atoms with van der Waals surface area (Å²) in [5, 5.41) is 6.49. The smallest absolute Gasteiger partial charge is 0.251 e. The monoisotopic (exact) mass is 497 g/mol. The second-order valence-electron chi connectivity index (χ2n) is 9.91. The number of nitrogens with zero attached hydrogens (tertiary/aromatic N) is 5. The Kier molecular flexibility index (Phi) is 6.21. The summed E-state index contributed by atoms with van der Waals surface area (Å²) >= 11 is 0. The highest BCUT2D eigenvalue weighted by atomic mass is 16.5. The Morgan fingerprint density at radius 2 is 1.73 bits per heavy atom. The molecule has 2 aliphatic rings. The summed E-state index contributed by atoms with van der Waals surface area (Å²) in [6.07, 6.45) is 3.94. The summed E-state index contributed by atoms with van der Waals surface area (Å²) in [5.41, 5.74) is 5.07. The van der Waals surface area contributed by atoms with Gasteiger partial charge in [0.05, 0.1) is 19.5 Å². The molecule has 2 N–H and O–H groups in total. The molecule has 0 atom stereocenters. The number of amides is 1. The van der Waals surface area contributed by atoms with Gasteiger partial charge in [0.15, 0.2) is 22.8 Å². The minimum atomic E-state index is -0.0359. The summed E-state index contributed by atoms with van der Waals surface area (Å²) in [6, 6.07) is 16.3. The highest BCUT2D eigenvalue weighted by molar-refractivity contribution is 5.95. The largest absolute Gasteiger partial charge is 0.378 e. The van der Waals surface area contributed by atoms with E-state index in [4.69, 9.17) is 14.7 Å². The first kappa shape index (κ1) is 23.4. The number of benzene rings is 2. The van der Waals surface area contributed by atoms with Crippen LogP contribution in [-0.2, 0) is 4.74 Å². The van der Waals surface area contributed by atoms with E-state index in [1.165, 1.54) is 5.69 Å². The topological polar surface area (TPSA) is 97.2 Å². The van der Waals surface area contributed by atoms with Crippen LogP contribution in [0.1, 0.15) is 43.1 Å². The zero-order chi connectivity index (χ0) is 25.4. The molecular weight excluding hydrogens is 466 g/mol. The average Bonchev–Trinajstić information content (AvgIpc) is 3.63. The van der Waals surface area contributed by atoms with Gasteiger partial charge in [-0.3, -0.25) is 4.79 Å². The number of nitrogens with one attached hydrogen (secondary N) is 2. The van der Waals surface area contributed by atoms with Crippen molar-refractivity contribution in [1.82, 2.24) is 24.8 Å². The fourth-order valence-corrected chi connectivity index (χ4v) is 4.49. The Balaban J connectivity index is 1.31. The molecule has 0 spiro atoms. The molecule has 190 valence electrons. The third-order valence-corrected chi connectivity index (χ3v) is 6.80. The number of fused-ring (bicyclic) bond motifs is 1. The first-order valence-electron chi connectivity index (χ1n) is 12.9. The average molecular weight is 498 g/mol. The molecule has 0 unspecified atom stereocenters. The van der Waals surface area contributed by atoms with E-state index in [1.54, 1.807) is 0 Å². The van der Waals surface area contributed by atoms with Crippen molar-refractivity contribution < 1.29 is 9.53 Å². The molecular formula is C28H31N7O2. The second kappa shape index (κ2) is 9.82. The number of ether oxygens (including phenoxy) is 1. The summed E-state index contributed by atoms with van der Waals surface area (Å²) in [5.74, 6) is 1.19. The van der Waals surface area contributed by atoms with Crippen molar-refractivity contribution >= 4 is 34.3 Å². The number of imidazole rings is 1. The van der Waals surface area contributed by atoms with Crippen LogP contribution >= 0.6 is 0 Å². The molecule has 1 saturated carbocycles. The van der Waals surface area contributed by atoms with Gasteiger partial charge in [0.2, 0.25) is 0 Å². The van der Waals surface area contributed by atoms with Gasteiger partial charge in [-0.2, -0.15) is 0 Å². The normalized spacial score (nSPS) is 15.8. The second-order valence-corrected chi connectivity index (χ2v) is 9.91. The van der Waals surface area contributed by atoms with E-state index in [0.717, 1.165) is 61.6 Å². The van der Waals surface area contributed by atoms with Gasteiger partial charge in [0, 0.05) is 47.7 Å². The first-order valence-corrected chi connectivity index (χ1v) is 12.9. The van der Waals surface area contributed by atoms with Crippen LogP contribution in [-0.4, -0.2) is 57.8 Å². The molecule has 4 aromatic rings. The van der Waals surface area contributed by atoms with Crippen LogP contribution in [0.4, 0.5) is 17.2 Å². The fraction of sp³-hybridized carbons (Fsp3) is 0.357. The standard InChI is InChI=1S/C28H31N7O2/c1-18(2)35-17-29-24-26(30-21-9-11-23(12-10-21)34-13-15-37-16-14-34)32-25(33-27(24)35)19-3-5-20(6-4-19)28(36)31-22-7-8-22/h3-6,9-12,17-18,22H,7-8,13-16H2,1-2H3,(H,31,36)(H,30,32,33). The van der Waals surface area contributed by atoms with Gasteiger partial charge < -0.3 is 24.8 Å². The molecule has 3 heterocycles. The Hall–Kier alpha value is -3.98. The lowest BCUT2D eigenvalue weighted by Gasteiger charge is -2.28. The van der Waals surface area contributed by atoms with Crippen molar-refractivity contribution in [1.29, 1.82) is 0 Å². The minimum Gasteiger partial charge on any atom is -0.378 e. The Morgan fingerprint density at radius 3 is 2.41 bits per heavy atom. The van der Waals surface area contributed by atoms with Gasteiger partial charge in [0.1, 0.15) is 0 Å². The van der Waals surface area contributed by atoms with Crippen molar-refractivity contribution in [3.63, 3.8) is 0 Å². The van der Waals surface area contributed by atoms with Gasteiger partial charge in [-0.1, -0.05) is 12.1 Å². The zero-order valence-electron chi connectivity index (χ0n) is 21.1. The van der Waals surface area contributed by atoms with E-state index in [9.17, 15) is 4.79 Å². The minimum absolute atomic E-state index is 0.0359. The van der Waals surface area contributed by atoms with Crippen LogP contribution < -0.4 is 15.5 Å². The maximum absolute atomic E-state index is 12.4. The zero-order valence-corrected chi connectivity index (χ0v) is 21.1. The van der Waals surface area contributed by atoms with Crippen molar-refractivity contribution in [3.8, 4) is 11.4 Å². The Morgan fingerprint density at radius 1 is 1.00 bits per heavy atom. The lowest BCUT2D eigenvalue weighted by Crippen LogP contribution is -2.36.